The van der Waals surface area contributed by atoms with Gasteiger partial charge >= 0.3 is 0 Å². The van der Waals surface area contributed by atoms with Crippen LogP contribution in [0, 0.1) is 12.8 Å². The summed E-state index contributed by atoms with van der Waals surface area (Å²) in [5.74, 6) is 0.847. The normalized spacial score (nSPS) is 17.8. The first-order chi connectivity index (χ1) is 12.5. The Bertz CT molecular complexity index is 807. The highest BCUT2D eigenvalue weighted by Crippen LogP contribution is 2.36. The first kappa shape index (κ1) is 19.1. The van der Waals surface area contributed by atoms with Crippen LogP contribution in [-0.4, -0.2) is 13.7 Å². The van der Waals surface area contributed by atoms with Crippen LogP contribution in [0.1, 0.15) is 66.8 Å². The van der Waals surface area contributed by atoms with E-state index in [4.69, 9.17) is 0 Å². The molecule has 2 unspecified atom stereocenters. The summed E-state index contributed by atoms with van der Waals surface area (Å²) >= 11 is -2.08. The van der Waals surface area contributed by atoms with E-state index in [9.17, 15) is 13.6 Å². The van der Waals surface area contributed by atoms with Gasteiger partial charge in [-0.1, -0.05) is 73.5 Å². The van der Waals surface area contributed by atoms with Gasteiger partial charge < -0.3 is 9.54 Å². The van der Waals surface area contributed by atoms with Gasteiger partial charge in [-0.25, -0.2) is 0 Å². The molecule has 5 heteroatoms. The molecule has 4 nitrogen and oxygen atoms in total. The third kappa shape index (κ3) is 4.92. The summed E-state index contributed by atoms with van der Waals surface area (Å²) < 4.78 is 21.8. The summed E-state index contributed by atoms with van der Waals surface area (Å²) in [6, 6.07) is 11.7. The molecule has 1 N–H and O–H groups in total. The lowest BCUT2D eigenvalue weighted by atomic mass is 9.79. The molecule has 140 valence electrons. The number of rotatable bonds is 6. The molecule has 0 amide bonds. The molecule has 0 saturated heterocycles. The average Bonchev–Trinajstić information content (AvgIpc) is 2.63. The van der Waals surface area contributed by atoms with Crippen molar-refractivity contribution in [2.45, 2.75) is 57.1 Å². The zero-order valence-corrected chi connectivity index (χ0v) is 16.0. The number of aryl methyl sites for hydroxylation is 1. The van der Waals surface area contributed by atoms with Gasteiger partial charge in [0.1, 0.15) is 0 Å². The second kappa shape index (κ2) is 8.78. The van der Waals surface area contributed by atoms with Gasteiger partial charge in [-0.05, 0) is 36.5 Å². The van der Waals surface area contributed by atoms with Crippen molar-refractivity contribution < 1.29 is 8.76 Å². The van der Waals surface area contributed by atoms with E-state index in [0.717, 1.165) is 28.8 Å². The van der Waals surface area contributed by atoms with E-state index in [1.165, 1.54) is 32.1 Å². The molecule has 1 aliphatic carbocycles. The first-order valence-corrected chi connectivity index (χ1v) is 10.6. The molecule has 1 aromatic carbocycles. The summed E-state index contributed by atoms with van der Waals surface area (Å²) in [4.78, 5) is 15.2. The fourth-order valence-corrected chi connectivity index (χ4v) is 4.41. The molecule has 1 saturated carbocycles. The van der Waals surface area contributed by atoms with Crippen LogP contribution in [0.3, 0.4) is 0 Å². The molecule has 3 rings (SSSR count). The van der Waals surface area contributed by atoms with Gasteiger partial charge in [0.05, 0.1) is 0 Å². The minimum Gasteiger partial charge on any atom is -0.772 e. The predicted octanol–water partition coefficient (Wildman–Crippen LogP) is 4.16. The lowest BCUT2D eigenvalue weighted by molar-refractivity contribution is 0.326. The van der Waals surface area contributed by atoms with Crippen molar-refractivity contribution in [3.8, 4) is 0 Å². The minimum atomic E-state index is -2.08. The van der Waals surface area contributed by atoms with E-state index in [0.29, 0.717) is 5.92 Å². The van der Waals surface area contributed by atoms with Crippen LogP contribution < -0.4 is 5.56 Å². The smallest absolute Gasteiger partial charge is 0.251 e. The number of aromatic nitrogens is 1. The van der Waals surface area contributed by atoms with Gasteiger partial charge in [-0.2, -0.15) is 0 Å². The third-order valence-corrected chi connectivity index (χ3v) is 6.03. The zero-order chi connectivity index (χ0) is 18.5. The zero-order valence-electron chi connectivity index (χ0n) is 15.2. The maximum absolute atomic E-state index is 12.1. The molecule has 0 spiro atoms. The molecule has 2 atom stereocenters. The number of hydrogen-bond donors (Lipinski definition) is 1. The van der Waals surface area contributed by atoms with Gasteiger partial charge in [0.25, 0.3) is 5.56 Å². The number of H-pyrrole nitrogens is 1. The van der Waals surface area contributed by atoms with Gasteiger partial charge in [0.2, 0.25) is 0 Å². The Morgan fingerprint density at radius 1 is 1.12 bits per heavy atom. The van der Waals surface area contributed by atoms with Crippen molar-refractivity contribution in [1.82, 2.24) is 4.98 Å². The Kier molecular flexibility index (Phi) is 6.43. The van der Waals surface area contributed by atoms with Crippen molar-refractivity contribution >= 4 is 11.1 Å². The van der Waals surface area contributed by atoms with Crippen LogP contribution in [-0.2, 0) is 16.8 Å². The highest BCUT2D eigenvalue weighted by molar-refractivity contribution is 7.78. The van der Waals surface area contributed by atoms with Crippen LogP contribution in [0.2, 0.25) is 0 Å². The standard InChI is InChI=1S/C21H27NO3S/c1-15-7-12-20(22-21(15)23)19(13-16-5-3-2-4-6-16)18-10-8-17(9-11-18)14-26(24)25/h7-12,16,19H,2-6,13-14H2,1H3,(H,22,23)(H,24,25)/p-1. The Balaban J connectivity index is 1.89. The van der Waals surface area contributed by atoms with E-state index >= 15 is 0 Å². The Hall–Kier alpha value is -1.72. The van der Waals surface area contributed by atoms with Gasteiger partial charge in [0, 0.05) is 22.9 Å². The first-order valence-electron chi connectivity index (χ1n) is 9.37. The summed E-state index contributed by atoms with van der Waals surface area (Å²) in [5.41, 5.74) is 3.56. The highest BCUT2D eigenvalue weighted by Gasteiger charge is 2.22. The second-order valence-electron chi connectivity index (χ2n) is 7.41. The van der Waals surface area contributed by atoms with Crippen LogP contribution in [0.25, 0.3) is 0 Å². The fourth-order valence-electron chi connectivity index (χ4n) is 3.95. The maximum Gasteiger partial charge on any atom is 0.251 e. The number of nitrogens with one attached hydrogen (secondary N) is 1. The van der Waals surface area contributed by atoms with Gasteiger partial charge in [-0.15, -0.1) is 0 Å². The van der Waals surface area contributed by atoms with E-state index in [1.807, 2.05) is 43.3 Å². The quantitative estimate of drug-likeness (QED) is 0.774. The molecule has 26 heavy (non-hydrogen) atoms. The van der Waals surface area contributed by atoms with E-state index in [1.54, 1.807) is 0 Å². The van der Waals surface area contributed by atoms with Gasteiger partial charge in [0.15, 0.2) is 0 Å². The maximum atomic E-state index is 12.1. The largest absolute Gasteiger partial charge is 0.772 e. The molecule has 0 aliphatic heterocycles. The predicted molar refractivity (Wildman–Crippen MR) is 104 cm³/mol. The third-order valence-electron chi connectivity index (χ3n) is 5.46. The van der Waals surface area contributed by atoms with E-state index < -0.39 is 11.1 Å². The molecule has 1 aromatic heterocycles. The molecule has 0 bridgehead atoms. The molecule has 1 fully saturated rings. The molecule has 2 aromatic rings. The summed E-state index contributed by atoms with van der Waals surface area (Å²) in [6.07, 6.45) is 7.42. The Morgan fingerprint density at radius 3 is 2.42 bits per heavy atom. The van der Waals surface area contributed by atoms with Crippen molar-refractivity contribution in [2.24, 2.45) is 5.92 Å². The highest BCUT2D eigenvalue weighted by atomic mass is 32.2. The Morgan fingerprint density at radius 2 is 1.81 bits per heavy atom. The van der Waals surface area contributed by atoms with Crippen LogP contribution in [0.15, 0.2) is 41.2 Å². The molecule has 1 aliphatic rings. The molecular formula is C21H26NO3S-. The van der Waals surface area contributed by atoms with Crippen LogP contribution >= 0.6 is 0 Å². The lowest BCUT2D eigenvalue weighted by Crippen LogP contribution is -2.18. The molecular weight excluding hydrogens is 346 g/mol. The topological polar surface area (TPSA) is 73.0 Å². The summed E-state index contributed by atoms with van der Waals surface area (Å²) in [5, 5.41) is 0. The van der Waals surface area contributed by atoms with Crippen molar-refractivity contribution in [2.75, 3.05) is 0 Å². The lowest BCUT2D eigenvalue weighted by Gasteiger charge is -2.27. The van der Waals surface area contributed by atoms with Crippen molar-refractivity contribution in [3.63, 3.8) is 0 Å². The monoisotopic (exact) mass is 372 g/mol. The number of benzene rings is 1. The number of aromatic amines is 1. The average molecular weight is 373 g/mol. The van der Waals surface area contributed by atoms with E-state index in [2.05, 4.69) is 4.98 Å². The minimum absolute atomic E-state index is 0.0329. The molecule has 1 heterocycles. The SMILES string of the molecule is Cc1ccc(C(CC2CCCCC2)c2ccc(CS(=O)[O-])cc2)[nH]c1=O. The second-order valence-corrected chi connectivity index (χ2v) is 8.30. The summed E-state index contributed by atoms with van der Waals surface area (Å²) in [7, 11) is 0. The number of hydrogen-bond acceptors (Lipinski definition) is 3. The van der Waals surface area contributed by atoms with Crippen molar-refractivity contribution in [3.05, 3.63) is 69.1 Å². The fraction of sp³-hybridized carbons (Fsp3) is 0.476. The summed E-state index contributed by atoms with van der Waals surface area (Å²) in [6.45, 7) is 1.82. The van der Waals surface area contributed by atoms with Crippen molar-refractivity contribution in [1.29, 1.82) is 0 Å². The van der Waals surface area contributed by atoms with E-state index in [-0.39, 0.29) is 17.2 Å². The van der Waals surface area contributed by atoms with Crippen LogP contribution in [0.5, 0.6) is 0 Å². The van der Waals surface area contributed by atoms with Gasteiger partial charge in [-0.3, -0.25) is 9.00 Å². The number of pyridine rings is 1. The van der Waals surface area contributed by atoms with Crippen LogP contribution in [0.4, 0.5) is 0 Å². The molecule has 0 radical (unpaired) electrons. The Labute approximate surface area is 157 Å².